The summed E-state index contributed by atoms with van der Waals surface area (Å²) in [4.78, 5) is 26.0. The van der Waals surface area contributed by atoms with Crippen molar-refractivity contribution in [1.82, 2.24) is 20.9 Å². The van der Waals surface area contributed by atoms with E-state index in [0.29, 0.717) is 0 Å². The number of hydrogen-bond donors (Lipinski definition) is 3. The molecule has 0 aromatic heterocycles. The van der Waals surface area contributed by atoms with Crippen LogP contribution < -0.4 is 20.7 Å². The molecule has 1 heterocycles. The molecule has 24 heavy (non-hydrogen) atoms. The molecule has 0 bridgehead atoms. The zero-order valence-corrected chi connectivity index (χ0v) is 13.9. The Labute approximate surface area is 141 Å². The van der Waals surface area contributed by atoms with E-state index in [-0.39, 0.29) is 24.5 Å². The van der Waals surface area contributed by atoms with Crippen molar-refractivity contribution in [2.24, 2.45) is 0 Å². The van der Waals surface area contributed by atoms with E-state index in [1.165, 1.54) is 0 Å². The molecular formula is C17H24N4O3. The van der Waals surface area contributed by atoms with Crippen molar-refractivity contribution in [1.29, 1.82) is 0 Å². The zero-order chi connectivity index (χ0) is 16.9. The van der Waals surface area contributed by atoms with E-state index in [9.17, 15) is 9.59 Å². The maximum atomic E-state index is 12.2. The summed E-state index contributed by atoms with van der Waals surface area (Å²) >= 11 is 0. The Morgan fingerprint density at radius 1 is 1.33 bits per heavy atom. The molecule has 3 amide bonds. The van der Waals surface area contributed by atoms with Crippen LogP contribution in [-0.2, 0) is 4.79 Å². The molecular weight excluding hydrogens is 308 g/mol. The van der Waals surface area contributed by atoms with Gasteiger partial charge in [-0.25, -0.2) is 4.79 Å². The second-order valence-electron chi connectivity index (χ2n) is 6.23. The van der Waals surface area contributed by atoms with Crippen LogP contribution in [0.5, 0.6) is 5.75 Å². The van der Waals surface area contributed by atoms with Crippen molar-refractivity contribution in [3.63, 3.8) is 0 Å². The van der Waals surface area contributed by atoms with Crippen molar-refractivity contribution in [3.05, 3.63) is 29.8 Å². The van der Waals surface area contributed by atoms with E-state index in [1.54, 1.807) is 7.11 Å². The third-order valence-electron chi connectivity index (χ3n) is 4.36. The van der Waals surface area contributed by atoms with Gasteiger partial charge in [0.15, 0.2) is 0 Å². The summed E-state index contributed by atoms with van der Waals surface area (Å²) in [6.07, 6.45) is 1.99. The Morgan fingerprint density at radius 3 is 2.88 bits per heavy atom. The van der Waals surface area contributed by atoms with Gasteiger partial charge in [-0.1, -0.05) is 18.2 Å². The number of imide groups is 1. The average Bonchev–Trinajstić information content (AvgIpc) is 3.39. The number of hydrogen-bond acceptors (Lipinski definition) is 5. The number of para-hydroxylation sites is 1. The summed E-state index contributed by atoms with van der Waals surface area (Å²) in [5.41, 5.74) is 1.04. The molecule has 1 saturated heterocycles. The van der Waals surface area contributed by atoms with Gasteiger partial charge in [0, 0.05) is 31.2 Å². The summed E-state index contributed by atoms with van der Waals surface area (Å²) in [5, 5.41) is 8.53. The van der Waals surface area contributed by atoms with Crippen LogP contribution in [0.2, 0.25) is 0 Å². The van der Waals surface area contributed by atoms with E-state index in [0.717, 1.165) is 43.8 Å². The van der Waals surface area contributed by atoms with Crippen LogP contribution in [0.3, 0.4) is 0 Å². The fourth-order valence-corrected chi connectivity index (χ4v) is 2.98. The van der Waals surface area contributed by atoms with Gasteiger partial charge in [0.2, 0.25) is 5.91 Å². The summed E-state index contributed by atoms with van der Waals surface area (Å²) in [6.45, 7) is 2.47. The van der Waals surface area contributed by atoms with Gasteiger partial charge in [0.1, 0.15) is 5.75 Å². The monoisotopic (exact) mass is 332 g/mol. The molecule has 0 spiro atoms. The van der Waals surface area contributed by atoms with Crippen molar-refractivity contribution < 1.29 is 14.3 Å². The van der Waals surface area contributed by atoms with Gasteiger partial charge in [-0.3, -0.25) is 15.0 Å². The number of carbonyl (C=O) groups excluding carboxylic acids is 2. The number of nitrogens with zero attached hydrogens (tertiary/aromatic N) is 1. The van der Waals surface area contributed by atoms with Gasteiger partial charge in [-0.05, 0) is 18.9 Å². The maximum Gasteiger partial charge on any atom is 0.321 e. The Kier molecular flexibility index (Phi) is 5.32. The highest BCUT2D eigenvalue weighted by Gasteiger charge is 2.29. The van der Waals surface area contributed by atoms with Crippen LogP contribution >= 0.6 is 0 Å². The summed E-state index contributed by atoms with van der Waals surface area (Å²) in [6, 6.07) is 7.70. The van der Waals surface area contributed by atoms with Crippen molar-refractivity contribution >= 4 is 11.9 Å². The topological polar surface area (TPSA) is 82.7 Å². The molecule has 1 atom stereocenters. The Balaban J connectivity index is 1.63. The average molecular weight is 332 g/mol. The first-order chi connectivity index (χ1) is 11.7. The van der Waals surface area contributed by atoms with Crippen molar-refractivity contribution in [3.8, 4) is 5.75 Å². The standard InChI is InChI=1S/C17H24N4O3/c1-24-15-5-3-2-4-13(15)14-10-18-8-9-21(14)11-16(22)20-17(23)19-12-6-7-12/h2-5,12,14,18H,6-11H2,1H3,(H2,19,20,22,23). The molecule has 2 fully saturated rings. The summed E-state index contributed by atoms with van der Waals surface area (Å²) in [5.74, 6) is 0.526. The van der Waals surface area contributed by atoms with E-state index >= 15 is 0 Å². The molecule has 1 saturated carbocycles. The van der Waals surface area contributed by atoms with E-state index in [1.807, 2.05) is 24.3 Å². The highest BCUT2D eigenvalue weighted by Crippen LogP contribution is 2.29. The first kappa shape index (κ1) is 16.7. The molecule has 0 radical (unpaired) electrons. The highest BCUT2D eigenvalue weighted by atomic mass is 16.5. The SMILES string of the molecule is COc1ccccc1C1CNCCN1CC(=O)NC(=O)NC1CC1. The maximum absolute atomic E-state index is 12.2. The second kappa shape index (κ2) is 7.63. The molecule has 7 nitrogen and oxygen atoms in total. The molecule has 1 aromatic rings. The number of benzene rings is 1. The molecule has 1 aliphatic heterocycles. The van der Waals surface area contributed by atoms with Gasteiger partial charge < -0.3 is 15.4 Å². The normalized spacial score (nSPS) is 21.1. The van der Waals surface area contributed by atoms with Gasteiger partial charge in [-0.2, -0.15) is 0 Å². The fourth-order valence-electron chi connectivity index (χ4n) is 2.98. The quantitative estimate of drug-likeness (QED) is 0.737. The molecule has 2 aliphatic rings. The minimum absolute atomic E-state index is 0.0344. The van der Waals surface area contributed by atoms with Gasteiger partial charge in [-0.15, -0.1) is 0 Å². The lowest BCUT2D eigenvalue weighted by Crippen LogP contribution is -2.51. The summed E-state index contributed by atoms with van der Waals surface area (Å²) in [7, 11) is 1.65. The number of carbonyl (C=O) groups is 2. The van der Waals surface area contributed by atoms with Crippen LogP contribution in [0, 0.1) is 0 Å². The number of amides is 3. The number of nitrogens with one attached hydrogen (secondary N) is 3. The zero-order valence-electron chi connectivity index (χ0n) is 13.9. The van der Waals surface area contributed by atoms with Crippen LogP contribution in [0.4, 0.5) is 4.79 Å². The second-order valence-corrected chi connectivity index (χ2v) is 6.23. The minimum atomic E-state index is -0.397. The lowest BCUT2D eigenvalue weighted by Gasteiger charge is -2.36. The van der Waals surface area contributed by atoms with Gasteiger partial charge >= 0.3 is 6.03 Å². The van der Waals surface area contributed by atoms with E-state index in [2.05, 4.69) is 20.9 Å². The van der Waals surface area contributed by atoms with Crippen LogP contribution in [-0.4, -0.2) is 56.2 Å². The first-order valence-electron chi connectivity index (χ1n) is 8.35. The highest BCUT2D eigenvalue weighted by molar-refractivity contribution is 5.95. The molecule has 1 unspecified atom stereocenters. The lowest BCUT2D eigenvalue weighted by molar-refractivity contribution is -0.122. The predicted molar refractivity (Wildman–Crippen MR) is 89.9 cm³/mol. The number of methoxy groups -OCH3 is 1. The van der Waals surface area contributed by atoms with Crippen LogP contribution in [0.15, 0.2) is 24.3 Å². The third kappa shape index (κ3) is 4.24. The number of rotatable bonds is 5. The molecule has 130 valence electrons. The molecule has 7 heteroatoms. The smallest absolute Gasteiger partial charge is 0.321 e. The minimum Gasteiger partial charge on any atom is -0.496 e. The number of ether oxygens (including phenoxy) is 1. The van der Waals surface area contributed by atoms with Gasteiger partial charge in [0.05, 0.1) is 19.7 Å². The Morgan fingerprint density at radius 2 is 2.12 bits per heavy atom. The largest absolute Gasteiger partial charge is 0.496 e. The van der Waals surface area contributed by atoms with Gasteiger partial charge in [0.25, 0.3) is 0 Å². The first-order valence-corrected chi connectivity index (χ1v) is 8.35. The van der Waals surface area contributed by atoms with Crippen molar-refractivity contribution in [2.75, 3.05) is 33.3 Å². The Bertz CT molecular complexity index is 603. The Hall–Kier alpha value is -2.12. The molecule has 1 aromatic carbocycles. The van der Waals surface area contributed by atoms with E-state index < -0.39 is 6.03 Å². The van der Waals surface area contributed by atoms with Crippen LogP contribution in [0.25, 0.3) is 0 Å². The summed E-state index contributed by atoms with van der Waals surface area (Å²) < 4.78 is 5.45. The lowest BCUT2D eigenvalue weighted by atomic mass is 10.0. The molecule has 1 aliphatic carbocycles. The molecule has 3 N–H and O–H groups in total. The predicted octanol–water partition coefficient (Wildman–Crippen LogP) is 0.630. The van der Waals surface area contributed by atoms with E-state index in [4.69, 9.17) is 4.74 Å². The number of urea groups is 1. The third-order valence-corrected chi connectivity index (χ3v) is 4.36. The molecule has 3 rings (SSSR count). The van der Waals surface area contributed by atoms with Crippen LogP contribution in [0.1, 0.15) is 24.4 Å². The number of piperazine rings is 1. The van der Waals surface area contributed by atoms with Crippen molar-refractivity contribution in [2.45, 2.75) is 24.9 Å². The fraction of sp³-hybridized carbons (Fsp3) is 0.529.